The molecule has 1 aromatic carbocycles. The fraction of sp³-hybridized carbons (Fsp3) is 0.412. The highest BCUT2D eigenvalue weighted by molar-refractivity contribution is 6.33. The van der Waals surface area contributed by atoms with E-state index in [4.69, 9.17) is 11.6 Å². The van der Waals surface area contributed by atoms with Crippen LogP contribution in [-0.4, -0.2) is 46.4 Å². The molecule has 2 fully saturated rings. The minimum Gasteiger partial charge on any atom is -0.332 e. The van der Waals surface area contributed by atoms with E-state index in [9.17, 15) is 4.79 Å². The number of carbonyl (C=O) groups excluding carboxylic acids is 1. The first-order valence-electron chi connectivity index (χ1n) is 8.02. The highest BCUT2D eigenvalue weighted by Crippen LogP contribution is 2.28. The molecule has 3 atom stereocenters. The van der Waals surface area contributed by atoms with Gasteiger partial charge in [-0.05, 0) is 31.4 Å². The lowest BCUT2D eigenvalue weighted by Gasteiger charge is -2.30. The van der Waals surface area contributed by atoms with Crippen molar-refractivity contribution in [3.05, 3.63) is 41.7 Å². The summed E-state index contributed by atoms with van der Waals surface area (Å²) in [7, 11) is 0. The molecule has 6 heteroatoms. The molecule has 2 bridgehead atoms. The van der Waals surface area contributed by atoms with Gasteiger partial charge in [0.2, 0.25) is 0 Å². The molecule has 1 amide bonds. The minimum atomic E-state index is -0.171. The maximum Gasteiger partial charge on any atom is 0.342 e. The summed E-state index contributed by atoms with van der Waals surface area (Å²) >= 11 is 6.20. The fourth-order valence-electron chi connectivity index (χ4n) is 3.67. The van der Waals surface area contributed by atoms with Crippen LogP contribution >= 0.6 is 11.6 Å². The number of amides is 1. The van der Waals surface area contributed by atoms with Crippen molar-refractivity contribution in [1.82, 2.24) is 20.0 Å². The summed E-state index contributed by atoms with van der Waals surface area (Å²) in [5, 5.41) is 7.94. The predicted octanol–water partition coefficient (Wildman–Crippen LogP) is 2.86. The molecule has 2 aliphatic heterocycles. The second kappa shape index (κ2) is 5.98. The monoisotopic (exact) mass is 330 g/mol. The van der Waals surface area contributed by atoms with E-state index in [2.05, 4.69) is 15.3 Å². The van der Waals surface area contributed by atoms with Crippen molar-refractivity contribution in [1.29, 1.82) is 0 Å². The van der Waals surface area contributed by atoms with E-state index in [0.29, 0.717) is 5.02 Å². The number of rotatable bonds is 2. The smallest absolute Gasteiger partial charge is 0.332 e. The second-order valence-corrected chi connectivity index (χ2v) is 6.86. The van der Waals surface area contributed by atoms with Crippen LogP contribution in [0, 0.1) is 5.92 Å². The van der Waals surface area contributed by atoms with Crippen molar-refractivity contribution in [2.45, 2.75) is 18.9 Å². The van der Waals surface area contributed by atoms with E-state index in [1.54, 1.807) is 12.4 Å². The Balaban J connectivity index is 1.46. The standard InChI is InChI=1S/C17H19ClN4O/c18-16-4-2-1-3-15(16)13-8-19-22(10-13)17(23)20-14-7-12-5-6-21(9-12)11-14/h1-4,8,10,12,14H,5-7,9,11H2,(H,20,23). The zero-order valence-electron chi connectivity index (χ0n) is 12.8. The number of hydrogen-bond donors (Lipinski definition) is 1. The van der Waals surface area contributed by atoms with Gasteiger partial charge in [-0.25, -0.2) is 4.79 Å². The second-order valence-electron chi connectivity index (χ2n) is 6.45. The molecular weight excluding hydrogens is 312 g/mol. The molecule has 0 aliphatic carbocycles. The van der Waals surface area contributed by atoms with Crippen molar-refractivity contribution in [3.63, 3.8) is 0 Å². The van der Waals surface area contributed by atoms with E-state index in [1.807, 2.05) is 24.3 Å². The predicted molar refractivity (Wildman–Crippen MR) is 89.6 cm³/mol. The van der Waals surface area contributed by atoms with Crippen molar-refractivity contribution >= 4 is 17.6 Å². The molecular formula is C17H19ClN4O. The third-order valence-corrected chi connectivity index (χ3v) is 5.10. The Morgan fingerprint density at radius 2 is 2.17 bits per heavy atom. The first-order valence-corrected chi connectivity index (χ1v) is 8.39. The summed E-state index contributed by atoms with van der Waals surface area (Å²) in [6.07, 6.45) is 5.73. The summed E-state index contributed by atoms with van der Waals surface area (Å²) in [6.45, 7) is 3.29. The van der Waals surface area contributed by atoms with Crippen LogP contribution in [0.2, 0.25) is 5.02 Å². The largest absolute Gasteiger partial charge is 0.342 e. The van der Waals surface area contributed by atoms with Gasteiger partial charge in [0.15, 0.2) is 0 Å². The number of nitrogens with zero attached hydrogens (tertiary/aromatic N) is 3. The van der Waals surface area contributed by atoms with E-state index >= 15 is 0 Å². The quantitative estimate of drug-likeness (QED) is 0.921. The Morgan fingerprint density at radius 1 is 1.30 bits per heavy atom. The maximum absolute atomic E-state index is 12.4. The lowest BCUT2D eigenvalue weighted by atomic mass is 9.97. The molecule has 4 rings (SSSR count). The molecule has 2 aliphatic rings. The lowest BCUT2D eigenvalue weighted by molar-refractivity contribution is 0.204. The van der Waals surface area contributed by atoms with Crippen molar-refractivity contribution in [2.24, 2.45) is 5.92 Å². The molecule has 1 N–H and O–H groups in total. The van der Waals surface area contributed by atoms with Crippen molar-refractivity contribution < 1.29 is 4.79 Å². The molecule has 5 nitrogen and oxygen atoms in total. The van der Waals surface area contributed by atoms with Gasteiger partial charge >= 0.3 is 6.03 Å². The first-order chi connectivity index (χ1) is 11.2. The molecule has 23 heavy (non-hydrogen) atoms. The average molecular weight is 331 g/mol. The van der Waals surface area contributed by atoms with Crippen LogP contribution in [0.25, 0.3) is 11.1 Å². The van der Waals surface area contributed by atoms with Crippen LogP contribution in [0.5, 0.6) is 0 Å². The number of hydrogen-bond acceptors (Lipinski definition) is 3. The summed E-state index contributed by atoms with van der Waals surface area (Å²) in [4.78, 5) is 14.8. The highest BCUT2D eigenvalue weighted by atomic mass is 35.5. The topological polar surface area (TPSA) is 50.2 Å². The normalized spacial score (nSPS) is 26.2. The van der Waals surface area contributed by atoms with E-state index in [0.717, 1.165) is 36.6 Å². The molecule has 2 saturated heterocycles. The molecule has 120 valence electrons. The molecule has 2 aromatic rings. The van der Waals surface area contributed by atoms with Gasteiger partial charge in [-0.1, -0.05) is 29.8 Å². The number of carbonyl (C=O) groups is 1. The van der Waals surface area contributed by atoms with E-state index < -0.39 is 0 Å². The highest BCUT2D eigenvalue weighted by Gasteiger charge is 2.33. The van der Waals surface area contributed by atoms with Gasteiger partial charge in [0.1, 0.15) is 0 Å². The summed E-state index contributed by atoms with van der Waals surface area (Å²) < 4.78 is 1.37. The van der Waals surface area contributed by atoms with Crippen molar-refractivity contribution in [2.75, 3.05) is 19.6 Å². The SMILES string of the molecule is O=C(NC1CC2CCN(C2)C1)n1cc(-c2ccccc2Cl)cn1. The third-order valence-electron chi connectivity index (χ3n) is 4.77. The Kier molecular flexibility index (Phi) is 3.83. The number of nitrogens with one attached hydrogen (secondary N) is 1. The first kappa shape index (κ1) is 14.7. The van der Waals surface area contributed by atoms with Gasteiger partial charge in [-0.3, -0.25) is 0 Å². The molecule has 3 unspecified atom stereocenters. The van der Waals surface area contributed by atoms with Gasteiger partial charge in [-0.15, -0.1) is 0 Å². The third kappa shape index (κ3) is 2.99. The van der Waals surface area contributed by atoms with Gasteiger partial charge in [-0.2, -0.15) is 9.78 Å². The number of aromatic nitrogens is 2. The number of halogens is 1. The maximum atomic E-state index is 12.4. The number of benzene rings is 1. The van der Waals surface area contributed by atoms with Crippen LogP contribution in [0.1, 0.15) is 12.8 Å². The Labute approximate surface area is 140 Å². The van der Waals surface area contributed by atoms with Crippen LogP contribution in [0.3, 0.4) is 0 Å². The van der Waals surface area contributed by atoms with Gasteiger partial charge in [0.05, 0.1) is 6.20 Å². The summed E-state index contributed by atoms with van der Waals surface area (Å²) in [5.41, 5.74) is 1.73. The minimum absolute atomic E-state index is 0.171. The zero-order valence-corrected chi connectivity index (χ0v) is 13.5. The molecule has 0 spiro atoms. The van der Waals surface area contributed by atoms with Gasteiger partial charge in [0, 0.05) is 41.5 Å². The Bertz CT molecular complexity index is 717. The Morgan fingerprint density at radius 3 is 3.00 bits per heavy atom. The van der Waals surface area contributed by atoms with Gasteiger partial charge < -0.3 is 10.2 Å². The molecule has 0 saturated carbocycles. The van der Waals surface area contributed by atoms with E-state index in [1.165, 1.54) is 17.6 Å². The average Bonchev–Trinajstić information content (AvgIpc) is 3.15. The van der Waals surface area contributed by atoms with E-state index in [-0.39, 0.29) is 12.1 Å². The fourth-order valence-corrected chi connectivity index (χ4v) is 3.92. The van der Waals surface area contributed by atoms with Crippen LogP contribution < -0.4 is 5.32 Å². The summed E-state index contributed by atoms with van der Waals surface area (Å²) in [6, 6.07) is 7.61. The molecule has 3 heterocycles. The number of piperidine rings is 1. The number of fused-ring (bicyclic) bond motifs is 2. The lowest BCUT2D eigenvalue weighted by Crippen LogP contribution is -2.48. The van der Waals surface area contributed by atoms with Crippen LogP contribution in [0.15, 0.2) is 36.7 Å². The zero-order chi connectivity index (χ0) is 15.8. The van der Waals surface area contributed by atoms with Crippen LogP contribution in [-0.2, 0) is 0 Å². The van der Waals surface area contributed by atoms with Crippen molar-refractivity contribution in [3.8, 4) is 11.1 Å². The molecule has 0 radical (unpaired) electrons. The Hall–Kier alpha value is -1.85. The van der Waals surface area contributed by atoms with Crippen LogP contribution in [0.4, 0.5) is 4.79 Å². The van der Waals surface area contributed by atoms with Gasteiger partial charge in [0.25, 0.3) is 0 Å². The summed E-state index contributed by atoms with van der Waals surface area (Å²) in [5.74, 6) is 0.727. The molecule has 1 aromatic heterocycles.